The van der Waals surface area contributed by atoms with Crippen LogP contribution in [0.1, 0.15) is 62.7 Å². The molecule has 0 spiro atoms. The first-order valence-corrected chi connectivity index (χ1v) is 13.9. The van der Waals surface area contributed by atoms with Gasteiger partial charge in [0.25, 0.3) is 0 Å². The van der Waals surface area contributed by atoms with E-state index < -0.39 is 29.7 Å². The molecule has 0 aliphatic heterocycles. The van der Waals surface area contributed by atoms with E-state index in [1.54, 1.807) is 26.8 Å². The van der Waals surface area contributed by atoms with Crippen molar-refractivity contribution in [2.75, 3.05) is 12.4 Å². The van der Waals surface area contributed by atoms with E-state index in [-0.39, 0.29) is 16.6 Å². The summed E-state index contributed by atoms with van der Waals surface area (Å²) in [7, 11) is -5.25. The molecule has 0 aliphatic carbocycles. The largest absolute Gasteiger partial charge is 0.456 e. The Balaban J connectivity index is 2.67. The number of alkyl halides is 2. The van der Waals surface area contributed by atoms with Crippen molar-refractivity contribution in [3.05, 3.63) is 27.0 Å². The predicted octanol–water partition coefficient (Wildman–Crippen LogP) is 7.78. The highest BCUT2D eigenvalue weighted by molar-refractivity contribution is 9.10. The highest BCUT2D eigenvalue weighted by Gasteiger charge is 2.55. The summed E-state index contributed by atoms with van der Waals surface area (Å²) in [4.78, 5) is 22.5. The van der Waals surface area contributed by atoms with Crippen LogP contribution in [0.3, 0.4) is 0 Å². The summed E-state index contributed by atoms with van der Waals surface area (Å²) >= 11 is 5.34. The summed E-state index contributed by atoms with van der Waals surface area (Å²) < 4.78 is 52.6. The Labute approximate surface area is 197 Å². The third-order valence-corrected chi connectivity index (χ3v) is 9.36. The maximum absolute atomic E-state index is 15.0. The zero-order valence-corrected chi connectivity index (χ0v) is 22.1. The second-order valence-electron chi connectivity index (χ2n) is 7.78. The topological polar surface area (TPSA) is 72.8 Å². The number of halogens is 3. The number of fused-ring (bicyclic) bond motifs is 1. The average molecular weight is 559 g/mol. The molecule has 1 unspecified atom stereocenters. The van der Waals surface area contributed by atoms with Gasteiger partial charge in [0.2, 0.25) is 0 Å². The van der Waals surface area contributed by atoms with Gasteiger partial charge in [0.1, 0.15) is 10.5 Å². The maximum atomic E-state index is 15.0. The quantitative estimate of drug-likeness (QED) is 0.146. The van der Waals surface area contributed by atoms with Crippen LogP contribution in [0.5, 0.6) is 0 Å². The lowest BCUT2D eigenvalue weighted by Gasteiger charge is -2.20. The van der Waals surface area contributed by atoms with Gasteiger partial charge in [-0.3, -0.25) is 4.57 Å². The molecule has 0 bridgehead atoms. The van der Waals surface area contributed by atoms with Crippen molar-refractivity contribution in [3.8, 4) is 0 Å². The fourth-order valence-electron chi connectivity index (χ4n) is 2.61. The Kier molecular flexibility index (Phi) is 8.78. The third kappa shape index (κ3) is 6.09. The lowest BCUT2D eigenvalue weighted by atomic mass is 10.1. The molecule has 1 heterocycles. The maximum Gasteiger partial charge on any atom is 0.402 e. The number of hydrogen-bond donors (Lipinski definition) is 1. The van der Waals surface area contributed by atoms with E-state index in [9.17, 15) is 23.0 Å². The van der Waals surface area contributed by atoms with Gasteiger partial charge < -0.3 is 14.2 Å². The van der Waals surface area contributed by atoms with Crippen LogP contribution in [0.25, 0.3) is 10.1 Å². The molecule has 174 valence electrons. The summed E-state index contributed by atoms with van der Waals surface area (Å²) in [6.45, 7) is 8.31. The first-order valence-electron chi connectivity index (χ1n) is 9.73. The van der Waals surface area contributed by atoms with E-state index in [1.165, 1.54) is 24.8 Å². The summed E-state index contributed by atoms with van der Waals surface area (Å²) in [5.41, 5.74) is -4.60. The van der Waals surface area contributed by atoms with Crippen molar-refractivity contribution in [2.24, 2.45) is 0 Å². The molecule has 0 radical (unpaired) electrons. The zero-order chi connectivity index (χ0) is 23.6. The van der Waals surface area contributed by atoms with Crippen LogP contribution in [-0.4, -0.2) is 28.8 Å². The molecule has 1 aromatic carbocycles. The van der Waals surface area contributed by atoms with E-state index in [4.69, 9.17) is 4.74 Å². The Morgan fingerprint density at radius 2 is 1.94 bits per heavy atom. The molecule has 0 amide bonds. The van der Waals surface area contributed by atoms with E-state index in [0.29, 0.717) is 15.0 Å². The Morgan fingerprint density at radius 3 is 2.48 bits per heavy atom. The van der Waals surface area contributed by atoms with Gasteiger partial charge in [0.15, 0.2) is 0 Å². The van der Waals surface area contributed by atoms with Gasteiger partial charge in [-0.2, -0.15) is 8.78 Å². The SMILES string of the molecule is CCCCSc1cc(C(=O)OC(C)(C)C)cc2c(Br)c(C(F)(F)P(=O)(O)OCC)sc12. The summed E-state index contributed by atoms with van der Waals surface area (Å²) in [6.07, 6.45) is 1.87. The lowest BCUT2D eigenvalue weighted by Crippen LogP contribution is -2.23. The molecular formula is C20H26BrF2O5PS2. The number of carbonyl (C=O) groups excluding carboxylic acids is 1. The second-order valence-corrected chi connectivity index (χ2v) is 12.6. The summed E-state index contributed by atoms with van der Waals surface area (Å²) in [6, 6.07) is 3.10. The van der Waals surface area contributed by atoms with Gasteiger partial charge in [-0.05, 0) is 67.9 Å². The van der Waals surface area contributed by atoms with E-state index >= 15 is 0 Å². The predicted molar refractivity (Wildman–Crippen MR) is 126 cm³/mol. The number of rotatable bonds is 9. The second kappa shape index (κ2) is 10.2. The lowest BCUT2D eigenvalue weighted by molar-refractivity contribution is 0.00694. The van der Waals surface area contributed by atoms with Gasteiger partial charge in [-0.1, -0.05) is 13.3 Å². The van der Waals surface area contributed by atoms with Crippen molar-refractivity contribution in [2.45, 2.75) is 63.6 Å². The Bertz CT molecular complexity index is 1000. The van der Waals surface area contributed by atoms with Gasteiger partial charge in [-0.25, -0.2) is 4.79 Å². The molecule has 0 aliphatic rings. The van der Waals surface area contributed by atoms with Crippen LogP contribution in [0, 0.1) is 0 Å². The number of esters is 1. The van der Waals surface area contributed by atoms with Crippen LogP contribution in [0.15, 0.2) is 21.5 Å². The van der Waals surface area contributed by atoms with Crippen LogP contribution in [0.4, 0.5) is 8.78 Å². The standard InChI is InChI=1S/C20H26BrF2O5PS2/c1-6-8-9-30-14-11-12(18(24)28-19(3,4)5)10-13-15(21)17(31-16(13)14)20(22,23)29(25,26)27-7-2/h10-11H,6-9H2,1-5H3,(H,25,26). The molecule has 1 atom stereocenters. The number of carbonyl (C=O) groups is 1. The summed E-state index contributed by atoms with van der Waals surface area (Å²) in [5.74, 6) is 0.169. The number of thioether (sulfide) groups is 1. The number of benzene rings is 1. The molecule has 0 fully saturated rings. The van der Waals surface area contributed by atoms with Crippen LogP contribution in [-0.2, 0) is 19.5 Å². The van der Waals surface area contributed by atoms with Gasteiger partial charge >= 0.3 is 19.2 Å². The van der Waals surface area contributed by atoms with Crippen LogP contribution >= 0.6 is 46.6 Å². The van der Waals surface area contributed by atoms with Crippen molar-refractivity contribution in [3.63, 3.8) is 0 Å². The molecule has 0 saturated heterocycles. The Morgan fingerprint density at radius 1 is 1.29 bits per heavy atom. The molecule has 31 heavy (non-hydrogen) atoms. The van der Waals surface area contributed by atoms with E-state index in [1.807, 2.05) is 6.92 Å². The number of thiophene rings is 1. The first kappa shape index (κ1) is 26.7. The fourth-order valence-corrected chi connectivity index (χ4v) is 7.42. The number of unbranched alkanes of at least 4 members (excludes halogenated alkanes) is 1. The fraction of sp³-hybridized carbons (Fsp3) is 0.550. The number of ether oxygens (including phenoxy) is 1. The molecule has 1 N–H and O–H groups in total. The molecule has 2 rings (SSSR count). The van der Waals surface area contributed by atoms with Crippen molar-refractivity contribution >= 4 is 62.7 Å². The minimum atomic E-state index is -5.25. The van der Waals surface area contributed by atoms with Crippen LogP contribution in [0.2, 0.25) is 0 Å². The normalized spacial score (nSPS) is 14.6. The van der Waals surface area contributed by atoms with Gasteiger partial charge in [0, 0.05) is 19.5 Å². The summed E-state index contributed by atoms with van der Waals surface area (Å²) in [5, 5.41) is 0.360. The monoisotopic (exact) mass is 558 g/mol. The van der Waals surface area contributed by atoms with Crippen molar-refractivity contribution in [1.29, 1.82) is 0 Å². The van der Waals surface area contributed by atoms with E-state index in [0.717, 1.165) is 29.9 Å². The molecule has 0 saturated carbocycles. The third-order valence-electron chi connectivity index (χ3n) is 4.02. The highest BCUT2D eigenvalue weighted by Crippen LogP contribution is 2.66. The van der Waals surface area contributed by atoms with Gasteiger partial charge in [0.05, 0.1) is 12.2 Å². The van der Waals surface area contributed by atoms with Crippen molar-refractivity contribution in [1.82, 2.24) is 0 Å². The van der Waals surface area contributed by atoms with Crippen molar-refractivity contribution < 1.29 is 32.3 Å². The van der Waals surface area contributed by atoms with Crippen LogP contribution < -0.4 is 0 Å². The smallest absolute Gasteiger partial charge is 0.402 e. The minimum Gasteiger partial charge on any atom is -0.456 e. The Hall–Kier alpha value is -0.510. The number of hydrogen-bond acceptors (Lipinski definition) is 6. The first-order chi connectivity index (χ1) is 14.2. The minimum absolute atomic E-state index is 0.0331. The molecule has 1 aromatic heterocycles. The average Bonchev–Trinajstić information content (AvgIpc) is 2.98. The van der Waals surface area contributed by atoms with Gasteiger partial charge in [-0.15, -0.1) is 23.1 Å². The van der Waals surface area contributed by atoms with E-state index in [2.05, 4.69) is 20.5 Å². The highest BCUT2D eigenvalue weighted by atomic mass is 79.9. The molecular weight excluding hydrogens is 533 g/mol. The molecule has 5 nitrogen and oxygen atoms in total. The zero-order valence-electron chi connectivity index (χ0n) is 18.0. The molecule has 11 heteroatoms. The molecule has 2 aromatic rings.